The van der Waals surface area contributed by atoms with Crippen molar-refractivity contribution in [2.24, 2.45) is 0 Å². The van der Waals surface area contributed by atoms with Crippen LogP contribution in [0.15, 0.2) is 24.3 Å². The molecule has 18 heavy (non-hydrogen) atoms. The van der Waals surface area contributed by atoms with E-state index in [4.69, 9.17) is 9.47 Å². The highest BCUT2D eigenvalue weighted by Crippen LogP contribution is 2.15. The predicted molar refractivity (Wildman–Crippen MR) is 68.6 cm³/mol. The first-order valence-corrected chi connectivity index (χ1v) is 6.34. The van der Waals surface area contributed by atoms with Gasteiger partial charge < -0.3 is 14.4 Å². The van der Waals surface area contributed by atoms with Gasteiger partial charge in [0.1, 0.15) is 12.4 Å². The molecule has 0 bridgehead atoms. The summed E-state index contributed by atoms with van der Waals surface area (Å²) >= 11 is 0. The Kier molecular flexibility index (Phi) is 4.45. The summed E-state index contributed by atoms with van der Waals surface area (Å²) in [6.45, 7) is 1.93. The molecule has 4 heteroatoms. The van der Waals surface area contributed by atoms with Gasteiger partial charge in [-0.3, -0.25) is 0 Å². The first-order valence-electron chi connectivity index (χ1n) is 6.34. The minimum Gasteiger partial charge on any atom is -0.497 e. The van der Waals surface area contributed by atoms with Crippen LogP contribution in [-0.4, -0.2) is 31.2 Å². The summed E-state index contributed by atoms with van der Waals surface area (Å²) in [5.74, 6) is 0.779. The van der Waals surface area contributed by atoms with E-state index in [-0.39, 0.29) is 6.09 Å². The zero-order valence-electron chi connectivity index (χ0n) is 10.7. The second-order valence-electron chi connectivity index (χ2n) is 4.45. The number of carbonyl (C=O) groups is 1. The minimum absolute atomic E-state index is 0.211. The smallest absolute Gasteiger partial charge is 0.410 e. The lowest BCUT2D eigenvalue weighted by Gasteiger charge is -2.25. The van der Waals surface area contributed by atoms with Crippen LogP contribution in [0.2, 0.25) is 0 Å². The molecule has 1 fully saturated rings. The molecule has 1 heterocycles. The molecular weight excluding hydrogens is 230 g/mol. The summed E-state index contributed by atoms with van der Waals surface area (Å²) in [6, 6.07) is 7.56. The zero-order valence-corrected chi connectivity index (χ0v) is 10.7. The number of rotatable bonds is 3. The van der Waals surface area contributed by atoms with Crippen LogP contribution in [0.5, 0.6) is 5.75 Å². The zero-order chi connectivity index (χ0) is 12.8. The first kappa shape index (κ1) is 12.7. The number of methoxy groups -OCH3 is 1. The summed E-state index contributed by atoms with van der Waals surface area (Å²) in [5, 5.41) is 0. The van der Waals surface area contributed by atoms with Gasteiger partial charge in [-0.2, -0.15) is 0 Å². The number of carbonyl (C=O) groups excluding carboxylic acids is 1. The monoisotopic (exact) mass is 249 g/mol. The van der Waals surface area contributed by atoms with Crippen molar-refractivity contribution in [2.75, 3.05) is 20.2 Å². The Labute approximate surface area is 107 Å². The van der Waals surface area contributed by atoms with Crippen molar-refractivity contribution in [3.05, 3.63) is 29.8 Å². The first-order chi connectivity index (χ1) is 8.79. The van der Waals surface area contributed by atoms with Gasteiger partial charge in [-0.1, -0.05) is 12.1 Å². The van der Waals surface area contributed by atoms with Gasteiger partial charge in [-0.15, -0.1) is 0 Å². The highest BCUT2D eigenvalue weighted by molar-refractivity contribution is 5.67. The van der Waals surface area contributed by atoms with Crippen molar-refractivity contribution in [1.82, 2.24) is 4.90 Å². The number of benzene rings is 1. The van der Waals surface area contributed by atoms with Crippen molar-refractivity contribution >= 4 is 6.09 Å². The molecule has 0 atom stereocenters. The Hall–Kier alpha value is -1.71. The number of hydrogen-bond donors (Lipinski definition) is 0. The second kappa shape index (κ2) is 6.28. The number of hydrogen-bond acceptors (Lipinski definition) is 3. The number of ether oxygens (including phenoxy) is 2. The van der Waals surface area contributed by atoms with Crippen molar-refractivity contribution in [3.63, 3.8) is 0 Å². The fourth-order valence-electron chi connectivity index (χ4n) is 2.08. The lowest BCUT2D eigenvalue weighted by Crippen LogP contribution is -2.35. The molecule has 4 nitrogen and oxygen atoms in total. The molecule has 1 aromatic carbocycles. The maximum Gasteiger partial charge on any atom is 0.410 e. The van der Waals surface area contributed by atoms with E-state index in [9.17, 15) is 4.79 Å². The van der Waals surface area contributed by atoms with E-state index >= 15 is 0 Å². The molecule has 0 spiro atoms. The molecule has 1 saturated heterocycles. The molecule has 2 rings (SSSR count). The average molecular weight is 249 g/mol. The topological polar surface area (TPSA) is 38.8 Å². The molecule has 1 aliphatic heterocycles. The van der Waals surface area contributed by atoms with E-state index in [1.807, 2.05) is 24.3 Å². The van der Waals surface area contributed by atoms with Gasteiger partial charge in [-0.25, -0.2) is 4.79 Å². The van der Waals surface area contributed by atoms with Gasteiger partial charge in [0.2, 0.25) is 0 Å². The fourth-order valence-corrected chi connectivity index (χ4v) is 2.08. The van der Waals surface area contributed by atoms with Crippen LogP contribution in [0.1, 0.15) is 24.8 Å². The maximum atomic E-state index is 11.8. The van der Waals surface area contributed by atoms with Gasteiger partial charge in [0.25, 0.3) is 0 Å². The van der Waals surface area contributed by atoms with Crippen molar-refractivity contribution < 1.29 is 14.3 Å². The van der Waals surface area contributed by atoms with E-state index in [0.717, 1.165) is 37.2 Å². The SMILES string of the molecule is COc1cccc(COC(=O)N2CCCCC2)c1. The molecule has 1 aliphatic rings. The van der Waals surface area contributed by atoms with E-state index < -0.39 is 0 Å². The van der Waals surface area contributed by atoms with E-state index in [1.165, 1.54) is 6.42 Å². The fraction of sp³-hybridized carbons (Fsp3) is 0.500. The van der Waals surface area contributed by atoms with Crippen LogP contribution in [0.25, 0.3) is 0 Å². The molecule has 98 valence electrons. The number of amides is 1. The van der Waals surface area contributed by atoms with Gasteiger partial charge in [0.15, 0.2) is 0 Å². The average Bonchev–Trinajstić information content (AvgIpc) is 2.46. The normalized spacial score (nSPS) is 15.3. The van der Waals surface area contributed by atoms with Gasteiger partial charge >= 0.3 is 6.09 Å². The Morgan fingerprint density at radius 3 is 2.78 bits per heavy atom. The Balaban J connectivity index is 1.84. The van der Waals surface area contributed by atoms with E-state index in [2.05, 4.69) is 0 Å². The highest BCUT2D eigenvalue weighted by atomic mass is 16.6. The van der Waals surface area contributed by atoms with Crippen LogP contribution < -0.4 is 4.74 Å². The highest BCUT2D eigenvalue weighted by Gasteiger charge is 2.17. The van der Waals surface area contributed by atoms with Gasteiger partial charge in [0.05, 0.1) is 7.11 Å². The van der Waals surface area contributed by atoms with Crippen LogP contribution in [0.3, 0.4) is 0 Å². The third-order valence-electron chi connectivity index (χ3n) is 3.11. The molecular formula is C14H19NO3. The number of piperidine rings is 1. The minimum atomic E-state index is -0.211. The van der Waals surface area contributed by atoms with E-state index in [1.54, 1.807) is 12.0 Å². The number of nitrogens with zero attached hydrogens (tertiary/aromatic N) is 1. The van der Waals surface area contributed by atoms with Crippen molar-refractivity contribution in [2.45, 2.75) is 25.9 Å². The Morgan fingerprint density at radius 2 is 2.06 bits per heavy atom. The maximum absolute atomic E-state index is 11.8. The summed E-state index contributed by atoms with van der Waals surface area (Å²) < 4.78 is 10.4. The van der Waals surface area contributed by atoms with Crippen LogP contribution >= 0.6 is 0 Å². The number of likely N-dealkylation sites (tertiary alicyclic amines) is 1. The summed E-state index contributed by atoms with van der Waals surface area (Å²) in [5.41, 5.74) is 0.944. The Morgan fingerprint density at radius 1 is 1.28 bits per heavy atom. The molecule has 0 aromatic heterocycles. The molecule has 1 amide bonds. The Bertz CT molecular complexity index is 400. The molecule has 0 unspecified atom stereocenters. The van der Waals surface area contributed by atoms with Crippen molar-refractivity contribution in [1.29, 1.82) is 0 Å². The summed E-state index contributed by atoms with van der Waals surface area (Å²) in [7, 11) is 1.62. The predicted octanol–water partition coefficient (Wildman–Crippen LogP) is 2.82. The lowest BCUT2D eigenvalue weighted by molar-refractivity contribution is 0.0894. The molecule has 0 N–H and O–H groups in total. The van der Waals surface area contributed by atoms with Crippen LogP contribution in [0, 0.1) is 0 Å². The molecule has 0 radical (unpaired) electrons. The molecule has 0 saturated carbocycles. The largest absolute Gasteiger partial charge is 0.497 e. The third-order valence-corrected chi connectivity index (χ3v) is 3.11. The molecule has 0 aliphatic carbocycles. The third kappa shape index (κ3) is 3.39. The summed E-state index contributed by atoms with van der Waals surface area (Å²) in [6.07, 6.45) is 3.15. The lowest BCUT2D eigenvalue weighted by atomic mass is 10.1. The second-order valence-corrected chi connectivity index (χ2v) is 4.45. The van der Waals surface area contributed by atoms with Crippen LogP contribution in [0.4, 0.5) is 4.79 Å². The van der Waals surface area contributed by atoms with Gasteiger partial charge in [-0.05, 0) is 37.0 Å². The molecule has 1 aromatic rings. The van der Waals surface area contributed by atoms with Crippen LogP contribution in [-0.2, 0) is 11.3 Å². The summed E-state index contributed by atoms with van der Waals surface area (Å²) in [4.78, 5) is 13.6. The quantitative estimate of drug-likeness (QED) is 0.826. The van der Waals surface area contributed by atoms with E-state index in [0.29, 0.717) is 6.61 Å². The van der Waals surface area contributed by atoms with Gasteiger partial charge in [0, 0.05) is 13.1 Å². The van der Waals surface area contributed by atoms with Crippen molar-refractivity contribution in [3.8, 4) is 5.75 Å². The standard InChI is InChI=1S/C14H19NO3/c1-17-13-7-5-6-12(10-13)11-18-14(16)15-8-3-2-4-9-15/h5-7,10H,2-4,8-9,11H2,1H3.